The summed E-state index contributed by atoms with van der Waals surface area (Å²) in [5, 5.41) is 5.51. The maximum atomic E-state index is 13.0. The molecule has 0 saturated heterocycles. The molecule has 13 heteroatoms. The van der Waals surface area contributed by atoms with Gasteiger partial charge in [-0.05, 0) is 43.5 Å². The number of nitrogens with one attached hydrogen (secondary N) is 2. The fourth-order valence-corrected chi connectivity index (χ4v) is 5.27. The first-order valence-electron chi connectivity index (χ1n) is 13.5. The summed E-state index contributed by atoms with van der Waals surface area (Å²) in [7, 11) is 1.56. The minimum atomic E-state index is -4.55. The summed E-state index contributed by atoms with van der Waals surface area (Å²) in [6, 6.07) is 8.15. The molecule has 220 valence electrons. The zero-order valence-corrected chi connectivity index (χ0v) is 22.8. The number of hydrogen-bond acceptors (Lipinski definition) is 7. The van der Waals surface area contributed by atoms with Gasteiger partial charge in [-0.2, -0.15) is 13.2 Å². The summed E-state index contributed by atoms with van der Waals surface area (Å²) in [5.74, 6) is 0.317. The molecule has 42 heavy (non-hydrogen) atoms. The van der Waals surface area contributed by atoms with Crippen LogP contribution in [-0.2, 0) is 15.7 Å². The third-order valence-corrected chi connectivity index (χ3v) is 7.30. The molecule has 1 fully saturated rings. The number of nitrogens with zero attached hydrogens (tertiary/aromatic N) is 4. The van der Waals surface area contributed by atoms with Crippen molar-refractivity contribution in [2.45, 2.75) is 50.2 Å². The predicted octanol–water partition coefficient (Wildman–Crippen LogP) is 4.82. The average Bonchev–Trinajstić information content (AvgIpc) is 3.37. The second-order valence-electron chi connectivity index (χ2n) is 10.2. The van der Waals surface area contributed by atoms with Gasteiger partial charge in [0, 0.05) is 55.2 Å². The number of nitrogens with two attached hydrogens (primary N) is 1. The van der Waals surface area contributed by atoms with E-state index in [9.17, 15) is 22.8 Å². The Bertz CT molecular complexity index is 1590. The van der Waals surface area contributed by atoms with E-state index in [2.05, 4.69) is 20.6 Å². The van der Waals surface area contributed by atoms with E-state index in [0.717, 1.165) is 49.8 Å². The number of methoxy groups -OCH3 is 1. The van der Waals surface area contributed by atoms with E-state index in [-0.39, 0.29) is 29.2 Å². The molecule has 3 heterocycles. The summed E-state index contributed by atoms with van der Waals surface area (Å²) in [6.45, 7) is 0.366. The van der Waals surface area contributed by atoms with Crippen LogP contribution in [0.25, 0.3) is 16.8 Å². The van der Waals surface area contributed by atoms with Crippen LogP contribution in [0.3, 0.4) is 0 Å². The van der Waals surface area contributed by atoms with Gasteiger partial charge in [0.1, 0.15) is 28.7 Å². The van der Waals surface area contributed by atoms with Gasteiger partial charge in [0.25, 0.3) is 5.91 Å². The van der Waals surface area contributed by atoms with Crippen molar-refractivity contribution in [2.75, 3.05) is 24.8 Å². The highest BCUT2D eigenvalue weighted by atomic mass is 19.4. The molecule has 5 rings (SSSR count). The van der Waals surface area contributed by atoms with Crippen LogP contribution in [0.4, 0.5) is 24.8 Å². The van der Waals surface area contributed by atoms with E-state index >= 15 is 0 Å². The van der Waals surface area contributed by atoms with Crippen molar-refractivity contribution in [2.24, 2.45) is 0 Å². The fourth-order valence-electron chi connectivity index (χ4n) is 5.27. The second-order valence-corrected chi connectivity index (χ2v) is 10.2. The number of pyridine rings is 1. The first-order chi connectivity index (χ1) is 20.1. The summed E-state index contributed by atoms with van der Waals surface area (Å²) in [6.07, 6.45) is 3.59. The molecular formula is C29H30F3N7O3. The molecule has 0 unspecified atom stereocenters. The highest BCUT2D eigenvalue weighted by Gasteiger charge is 2.31. The Balaban J connectivity index is 1.37. The van der Waals surface area contributed by atoms with Crippen LogP contribution in [0.1, 0.15) is 59.8 Å². The highest BCUT2D eigenvalue weighted by molar-refractivity contribution is 6.04. The lowest BCUT2D eigenvalue weighted by Crippen LogP contribution is -2.38. The van der Waals surface area contributed by atoms with Crippen LogP contribution < -0.4 is 16.4 Å². The van der Waals surface area contributed by atoms with Gasteiger partial charge in [-0.3, -0.25) is 14.0 Å². The van der Waals surface area contributed by atoms with Crippen LogP contribution in [-0.4, -0.2) is 50.9 Å². The van der Waals surface area contributed by atoms with Gasteiger partial charge in [0.2, 0.25) is 5.91 Å². The first-order valence-corrected chi connectivity index (χ1v) is 13.5. The Hall–Kier alpha value is -4.52. The van der Waals surface area contributed by atoms with Crippen LogP contribution in [0.15, 0.2) is 55.0 Å². The van der Waals surface area contributed by atoms with Gasteiger partial charge in [-0.1, -0.05) is 18.6 Å². The SMILES string of the molecule is COCCC(=O)N[C@H]1CCC[C@H](c2nc(-c3ccc(C(=O)Nc4cc(C(F)(F)F)ccn4)cc3)c3c(N)nccn23)C1. The Morgan fingerprint density at radius 1 is 1.12 bits per heavy atom. The zero-order valence-electron chi connectivity index (χ0n) is 22.8. The zero-order chi connectivity index (χ0) is 29.9. The maximum Gasteiger partial charge on any atom is 0.416 e. The van der Waals surface area contributed by atoms with Crippen molar-refractivity contribution in [3.63, 3.8) is 0 Å². The molecule has 2 atom stereocenters. The van der Waals surface area contributed by atoms with Gasteiger partial charge in [-0.15, -0.1) is 0 Å². The number of halogens is 3. The number of imidazole rings is 1. The van der Waals surface area contributed by atoms with Crippen LogP contribution >= 0.6 is 0 Å². The molecular weight excluding hydrogens is 551 g/mol. The van der Waals surface area contributed by atoms with Crippen LogP contribution in [0.5, 0.6) is 0 Å². The number of nitrogen functional groups attached to an aromatic ring is 1. The number of hydrogen-bond donors (Lipinski definition) is 3. The number of rotatable bonds is 8. The van der Waals surface area contributed by atoms with Crippen molar-refractivity contribution in [1.29, 1.82) is 0 Å². The molecule has 0 radical (unpaired) electrons. The third-order valence-electron chi connectivity index (χ3n) is 7.30. The van der Waals surface area contributed by atoms with Crippen molar-refractivity contribution in [1.82, 2.24) is 24.7 Å². The second kappa shape index (κ2) is 12.1. The normalized spacial score (nSPS) is 17.2. The summed E-state index contributed by atoms with van der Waals surface area (Å²) < 4.78 is 46.0. The molecule has 4 aromatic rings. The van der Waals surface area contributed by atoms with Crippen molar-refractivity contribution in [3.8, 4) is 11.3 Å². The number of amides is 2. The Labute approximate surface area is 239 Å². The fraction of sp³-hybridized carbons (Fsp3) is 0.345. The molecule has 1 aromatic carbocycles. The molecule has 1 aliphatic rings. The summed E-state index contributed by atoms with van der Waals surface area (Å²) in [4.78, 5) is 38.1. The standard InChI is InChI=1S/C29H30F3N7O3/c1-42-14-10-23(40)36-21-4-2-3-19(15-21)27-38-24(25-26(33)35-12-13-39(25)27)17-5-7-18(8-6-17)28(41)37-22-16-20(9-11-34-22)29(30,31)32/h5-9,11-13,16,19,21H,2-4,10,14-15H2,1H3,(H2,33,35)(H,36,40)(H,34,37,41)/t19-,21-/m0/s1. The lowest BCUT2D eigenvalue weighted by molar-refractivity contribution is -0.137. The largest absolute Gasteiger partial charge is 0.416 e. The molecule has 1 saturated carbocycles. The Morgan fingerprint density at radius 3 is 2.64 bits per heavy atom. The number of anilines is 2. The van der Waals surface area contributed by atoms with Gasteiger partial charge in [0.05, 0.1) is 12.2 Å². The highest BCUT2D eigenvalue weighted by Crippen LogP contribution is 2.37. The average molecular weight is 582 g/mol. The lowest BCUT2D eigenvalue weighted by Gasteiger charge is -2.29. The van der Waals surface area contributed by atoms with E-state index in [1.54, 1.807) is 37.6 Å². The van der Waals surface area contributed by atoms with E-state index in [4.69, 9.17) is 15.5 Å². The predicted molar refractivity (Wildman–Crippen MR) is 150 cm³/mol. The van der Waals surface area contributed by atoms with Crippen LogP contribution in [0, 0.1) is 0 Å². The molecule has 0 aliphatic heterocycles. The Morgan fingerprint density at radius 2 is 1.90 bits per heavy atom. The molecule has 4 N–H and O–H groups in total. The van der Waals surface area contributed by atoms with E-state index in [1.165, 1.54) is 0 Å². The number of benzene rings is 1. The van der Waals surface area contributed by atoms with Crippen LogP contribution in [0.2, 0.25) is 0 Å². The molecule has 3 aromatic heterocycles. The van der Waals surface area contributed by atoms with Gasteiger partial charge in [0.15, 0.2) is 0 Å². The number of alkyl halides is 3. The van der Waals surface area contributed by atoms with Gasteiger partial charge in [-0.25, -0.2) is 15.0 Å². The minimum absolute atomic E-state index is 0.0206. The smallest absolute Gasteiger partial charge is 0.384 e. The summed E-state index contributed by atoms with van der Waals surface area (Å²) >= 11 is 0. The molecule has 10 nitrogen and oxygen atoms in total. The van der Waals surface area contributed by atoms with Crippen molar-refractivity contribution < 1.29 is 27.5 Å². The van der Waals surface area contributed by atoms with E-state index < -0.39 is 17.6 Å². The third kappa shape index (κ3) is 6.35. The lowest BCUT2D eigenvalue weighted by atomic mass is 9.85. The minimum Gasteiger partial charge on any atom is -0.384 e. The number of carbonyl (C=O) groups excluding carboxylic acids is 2. The Kier molecular flexibility index (Phi) is 8.39. The van der Waals surface area contributed by atoms with Crippen molar-refractivity contribution >= 4 is 29.0 Å². The molecule has 0 spiro atoms. The van der Waals surface area contributed by atoms with Gasteiger partial charge < -0.3 is 21.1 Å². The monoisotopic (exact) mass is 581 g/mol. The number of carbonyl (C=O) groups is 2. The topological polar surface area (TPSA) is 137 Å². The van der Waals surface area contributed by atoms with E-state index in [1.807, 2.05) is 10.6 Å². The number of fused-ring (bicyclic) bond motifs is 1. The molecule has 0 bridgehead atoms. The number of ether oxygens (including phenoxy) is 1. The maximum absolute atomic E-state index is 13.0. The first kappa shape index (κ1) is 29.0. The van der Waals surface area contributed by atoms with E-state index in [0.29, 0.717) is 35.6 Å². The quantitative estimate of drug-likeness (QED) is 0.271. The van der Waals surface area contributed by atoms with Crippen molar-refractivity contribution in [3.05, 3.63) is 71.9 Å². The molecule has 2 amide bonds. The molecule has 1 aliphatic carbocycles. The summed E-state index contributed by atoms with van der Waals surface area (Å²) in [5.41, 5.74) is 7.52. The van der Waals surface area contributed by atoms with Gasteiger partial charge >= 0.3 is 6.18 Å². The number of aromatic nitrogens is 4.